The molecule has 1 saturated heterocycles. The van der Waals surface area contributed by atoms with Crippen molar-refractivity contribution in [3.63, 3.8) is 0 Å². The summed E-state index contributed by atoms with van der Waals surface area (Å²) in [6, 6.07) is 2.78. The number of benzene rings is 1. The third-order valence-corrected chi connectivity index (χ3v) is 3.52. The van der Waals surface area contributed by atoms with Crippen molar-refractivity contribution in [2.24, 2.45) is 0 Å². The average Bonchev–Trinajstić information content (AvgIpc) is 2.72. The molecule has 1 fully saturated rings. The van der Waals surface area contributed by atoms with Crippen LogP contribution in [-0.4, -0.2) is 66.1 Å². The van der Waals surface area contributed by atoms with Gasteiger partial charge < -0.3 is 4.74 Å². The van der Waals surface area contributed by atoms with E-state index in [9.17, 15) is 31.9 Å². The number of urea groups is 1. The molecule has 1 aliphatic rings. The van der Waals surface area contributed by atoms with Gasteiger partial charge in [-0.05, 0) is 24.7 Å². The molecule has 1 heterocycles. The largest absolute Gasteiger partial charge is 0.494 e. The number of nitrogens with zero attached hydrogens (tertiary/aromatic N) is 3. The van der Waals surface area contributed by atoms with Gasteiger partial charge in [-0.1, -0.05) is 6.07 Å². The third kappa shape index (κ3) is 4.28. The molecule has 1 aliphatic heterocycles. The summed E-state index contributed by atoms with van der Waals surface area (Å²) in [4.78, 5) is 36.9. The Bertz CT molecular complexity index is 738. The number of halogens is 4. The molecule has 0 atom stereocenters. The molecule has 26 heavy (non-hydrogen) atoms. The monoisotopic (exact) mass is 377 g/mol. The highest BCUT2D eigenvalue weighted by molar-refractivity contribution is 6.44. The number of ether oxygens (including phenoxy) is 1. The lowest BCUT2D eigenvalue weighted by Gasteiger charge is -2.22. The lowest BCUT2D eigenvalue weighted by atomic mass is 10.2. The number of amides is 4. The van der Waals surface area contributed by atoms with Crippen LogP contribution in [-0.2, 0) is 16.1 Å². The van der Waals surface area contributed by atoms with Gasteiger partial charge in [-0.25, -0.2) is 19.0 Å². The van der Waals surface area contributed by atoms with E-state index in [4.69, 9.17) is 4.74 Å². The molecule has 4 amide bonds. The fraction of sp³-hybridized carbons (Fsp3) is 0.400. The Hall–Kier alpha value is -2.69. The van der Waals surface area contributed by atoms with Crippen molar-refractivity contribution >= 4 is 17.8 Å². The highest BCUT2D eigenvalue weighted by atomic mass is 19.4. The van der Waals surface area contributed by atoms with Gasteiger partial charge >= 0.3 is 24.0 Å². The van der Waals surface area contributed by atoms with E-state index in [1.54, 1.807) is 6.07 Å². The molecule has 1 aromatic carbocycles. The maximum absolute atomic E-state index is 13.7. The fourth-order valence-corrected chi connectivity index (χ4v) is 2.41. The van der Waals surface area contributed by atoms with E-state index in [1.165, 1.54) is 31.2 Å². The zero-order valence-electron chi connectivity index (χ0n) is 13.8. The smallest absolute Gasteiger partial charge is 0.406 e. The summed E-state index contributed by atoms with van der Waals surface area (Å²) in [7, 11) is 2.76. The second-order valence-corrected chi connectivity index (χ2v) is 5.65. The minimum absolute atomic E-state index is 0.0368. The number of rotatable bonds is 6. The van der Waals surface area contributed by atoms with E-state index in [1.807, 2.05) is 0 Å². The van der Waals surface area contributed by atoms with Crippen molar-refractivity contribution < 1.29 is 36.7 Å². The maximum Gasteiger partial charge on any atom is 0.406 e. The Labute approximate surface area is 145 Å². The summed E-state index contributed by atoms with van der Waals surface area (Å²) in [6.07, 6.45) is -4.81. The SMILES string of the molecule is COc1ccc(CN(C)CN2C(=O)C(=O)N(CC(F)(F)F)C2=O)cc1F. The number of hydrogen-bond donors (Lipinski definition) is 0. The molecule has 0 aromatic heterocycles. The quantitative estimate of drug-likeness (QED) is 0.428. The second-order valence-electron chi connectivity index (χ2n) is 5.65. The molecule has 2 rings (SSSR count). The number of alkyl halides is 3. The minimum Gasteiger partial charge on any atom is -0.494 e. The van der Waals surface area contributed by atoms with Gasteiger partial charge in [0, 0.05) is 6.54 Å². The maximum atomic E-state index is 13.7. The molecule has 0 bridgehead atoms. The van der Waals surface area contributed by atoms with Gasteiger partial charge in [-0.2, -0.15) is 13.2 Å². The molecular weight excluding hydrogens is 362 g/mol. The zero-order chi connectivity index (χ0) is 19.6. The van der Waals surface area contributed by atoms with Crippen molar-refractivity contribution in [3.8, 4) is 5.75 Å². The van der Waals surface area contributed by atoms with Gasteiger partial charge in [0.2, 0.25) is 0 Å². The molecule has 0 aliphatic carbocycles. The van der Waals surface area contributed by atoms with Crippen LogP contribution in [0.2, 0.25) is 0 Å². The summed E-state index contributed by atoms with van der Waals surface area (Å²) >= 11 is 0. The average molecular weight is 377 g/mol. The van der Waals surface area contributed by atoms with Gasteiger partial charge in [0.25, 0.3) is 0 Å². The summed E-state index contributed by atoms with van der Waals surface area (Å²) in [5.41, 5.74) is 0.475. The second kappa shape index (κ2) is 7.28. The van der Waals surface area contributed by atoms with Crippen molar-refractivity contribution in [3.05, 3.63) is 29.6 Å². The van der Waals surface area contributed by atoms with Crippen LogP contribution in [0.15, 0.2) is 18.2 Å². The van der Waals surface area contributed by atoms with Crippen LogP contribution >= 0.6 is 0 Å². The number of carbonyl (C=O) groups excluding carboxylic acids is 3. The zero-order valence-corrected chi connectivity index (χ0v) is 13.8. The van der Waals surface area contributed by atoms with Gasteiger partial charge in [0.1, 0.15) is 6.54 Å². The highest BCUT2D eigenvalue weighted by Crippen LogP contribution is 2.22. The Morgan fingerprint density at radius 1 is 1.12 bits per heavy atom. The fourth-order valence-electron chi connectivity index (χ4n) is 2.41. The van der Waals surface area contributed by atoms with E-state index in [-0.39, 0.29) is 17.2 Å². The van der Waals surface area contributed by atoms with Crippen LogP contribution in [0.5, 0.6) is 5.75 Å². The molecular formula is C15H15F4N3O4. The molecule has 1 aromatic rings. The van der Waals surface area contributed by atoms with Crippen LogP contribution < -0.4 is 4.74 Å². The number of hydrogen-bond acceptors (Lipinski definition) is 5. The minimum atomic E-state index is -4.81. The van der Waals surface area contributed by atoms with Crippen molar-refractivity contribution in [2.75, 3.05) is 27.4 Å². The highest BCUT2D eigenvalue weighted by Gasteiger charge is 2.49. The molecule has 0 radical (unpaired) electrons. The number of carbonyl (C=O) groups is 3. The Balaban J connectivity index is 2.05. The van der Waals surface area contributed by atoms with Crippen LogP contribution in [0, 0.1) is 5.82 Å². The standard InChI is InChI=1S/C15H15F4N3O4/c1-20(6-9-3-4-11(26-2)10(16)5-9)8-22-13(24)12(23)21(14(22)25)7-15(17,18)19/h3-5H,6-8H2,1-2H3. The molecule has 0 unspecified atom stereocenters. The van der Waals surface area contributed by atoms with Crippen LogP contribution in [0.1, 0.15) is 5.56 Å². The predicted octanol–water partition coefficient (Wildman–Crippen LogP) is 1.58. The van der Waals surface area contributed by atoms with Gasteiger partial charge in [0.15, 0.2) is 11.6 Å². The summed E-state index contributed by atoms with van der Waals surface area (Å²) in [5, 5.41) is 0. The van der Waals surface area contributed by atoms with Crippen molar-refractivity contribution in [1.29, 1.82) is 0 Å². The van der Waals surface area contributed by atoms with Crippen LogP contribution in [0.4, 0.5) is 22.4 Å². The number of imide groups is 2. The first-order valence-electron chi connectivity index (χ1n) is 7.28. The Morgan fingerprint density at radius 3 is 2.27 bits per heavy atom. The predicted molar refractivity (Wildman–Crippen MR) is 79.3 cm³/mol. The van der Waals surface area contributed by atoms with E-state index in [2.05, 4.69) is 0 Å². The molecule has 0 saturated carbocycles. The normalized spacial score (nSPS) is 15.4. The Kier molecular flexibility index (Phi) is 5.50. The van der Waals surface area contributed by atoms with Crippen LogP contribution in [0.3, 0.4) is 0 Å². The van der Waals surface area contributed by atoms with E-state index in [0.29, 0.717) is 10.5 Å². The summed E-state index contributed by atoms with van der Waals surface area (Å²) < 4.78 is 55.7. The Morgan fingerprint density at radius 2 is 1.73 bits per heavy atom. The number of methoxy groups -OCH3 is 1. The van der Waals surface area contributed by atoms with Crippen LogP contribution in [0.25, 0.3) is 0 Å². The van der Waals surface area contributed by atoms with E-state index in [0.717, 1.165) is 0 Å². The lowest BCUT2D eigenvalue weighted by molar-refractivity contribution is -0.156. The topological polar surface area (TPSA) is 70.2 Å². The first-order chi connectivity index (χ1) is 12.0. The lowest BCUT2D eigenvalue weighted by Crippen LogP contribution is -2.42. The first kappa shape index (κ1) is 19.6. The van der Waals surface area contributed by atoms with Crippen molar-refractivity contribution in [2.45, 2.75) is 12.7 Å². The molecule has 7 nitrogen and oxygen atoms in total. The van der Waals surface area contributed by atoms with Gasteiger partial charge in [-0.3, -0.25) is 14.5 Å². The van der Waals surface area contributed by atoms with Crippen molar-refractivity contribution in [1.82, 2.24) is 14.7 Å². The van der Waals surface area contributed by atoms with Gasteiger partial charge in [-0.15, -0.1) is 0 Å². The summed E-state index contributed by atoms with van der Waals surface area (Å²) in [5.74, 6) is -3.45. The van der Waals surface area contributed by atoms with E-state index < -0.39 is 43.1 Å². The van der Waals surface area contributed by atoms with Gasteiger partial charge in [0.05, 0.1) is 13.8 Å². The summed E-state index contributed by atoms with van der Waals surface area (Å²) in [6.45, 7) is -2.18. The third-order valence-electron chi connectivity index (χ3n) is 3.52. The first-order valence-corrected chi connectivity index (χ1v) is 7.28. The van der Waals surface area contributed by atoms with E-state index >= 15 is 0 Å². The molecule has 0 N–H and O–H groups in total. The molecule has 142 valence electrons. The molecule has 11 heteroatoms. The molecule has 0 spiro atoms.